The molecule has 0 aliphatic heterocycles. The Bertz CT molecular complexity index is 292. The molecule has 1 atom stereocenters. The number of thioether (sulfide) groups is 1. The van der Waals surface area contributed by atoms with Crippen LogP contribution in [0.3, 0.4) is 0 Å². The maximum atomic E-state index is 5.98. The molecule has 0 radical (unpaired) electrons. The maximum Gasteiger partial charge on any atom is 0.244 e. The summed E-state index contributed by atoms with van der Waals surface area (Å²) in [7, 11) is 0. The highest BCUT2D eigenvalue weighted by atomic mass is 32.2. The largest absolute Gasteiger partial charge is 0.338 e. The normalized spacial score (nSPS) is 14.4. The molecular formula is C9H17N3OS. The average Bonchev–Trinajstić information content (AvgIpc) is 2.50. The molecule has 0 unspecified atom stereocenters. The van der Waals surface area contributed by atoms with Crippen LogP contribution >= 0.6 is 11.8 Å². The predicted octanol–water partition coefficient (Wildman–Crippen LogP) is 1.98. The summed E-state index contributed by atoms with van der Waals surface area (Å²) in [4.78, 5) is 4.24. The highest BCUT2D eigenvalue weighted by Gasteiger charge is 2.27. The van der Waals surface area contributed by atoms with Crippen molar-refractivity contribution < 1.29 is 4.52 Å². The lowest BCUT2D eigenvalue weighted by molar-refractivity contribution is 0.252. The zero-order chi connectivity index (χ0) is 10.8. The van der Waals surface area contributed by atoms with Gasteiger partial charge < -0.3 is 10.3 Å². The predicted molar refractivity (Wildman–Crippen MR) is 57.9 cm³/mol. The third-order valence-corrected chi connectivity index (χ3v) is 2.50. The standard InChI is InChI=1S/C9H17N3OS/c1-9(2,3)7(10)8-11-6(5-14-4)12-13-8/h7H,5,10H2,1-4H3/t7-/m0/s1. The lowest BCUT2D eigenvalue weighted by Crippen LogP contribution is -2.26. The maximum absolute atomic E-state index is 5.98. The zero-order valence-electron chi connectivity index (χ0n) is 9.07. The van der Waals surface area contributed by atoms with Crippen LogP contribution in [0.5, 0.6) is 0 Å². The third-order valence-electron chi connectivity index (χ3n) is 1.96. The Morgan fingerprint density at radius 1 is 1.50 bits per heavy atom. The molecule has 0 bridgehead atoms. The molecule has 0 aliphatic carbocycles. The minimum absolute atomic E-state index is 0.0524. The van der Waals surface area contributed by atoms with E-state index >= 15 is 0 Å². The molecule has 14 heavy (non-hydrogen) atoms. The van der Waals surface area contributed by atoms with Gasteiger partial charge in [-0.25, -0.2) is 0 Å². The van der Waals surface area contributed by atoms with E-state index in [2.05, 4.69) is 30.9 Å². The molecule has 5 heteroatoms. The van der Waals surface area contributed by atoms with Crippen molar-refractivity contribution in [2.75, 3.05) is 6.26 Å². The third kappa shape index (κ3) is 2.72. The molecule has 4 nitrogen and oxygen atoms in total. The second kappa shape index (κ2) is 4.31. The van der Waals surface area contributed by atoms with Gasteiger partial charge in [-0.05, 0) is 11.7 Å². The molecule has 0 spiro atoms. The highest BCUT2D eigenvalue weighted by molar-refractivity contribution is 7.97. The Morgan fingerprint density at radius 3 is 2.64 bits per heavy atom. The van der Waals surface area contributed by atoms with Crippen molar-refractivity contribution in [3.63, 3.8) is 0 Å². The molecule has 2 N–H and O–H groups in total. The monoisotopic (exact) mass is 215 g/mol. The fourth-order valence-corrected chi connectivity index (χ4v) is 1.33. The fourth-order valence-electron chi connectivity index (χ4n) is 0.952. The molecular weight excluding hydrogens is 198 g/mol. The van der Waals surface area contributed by atoms with E-state index in [1.165, 1.54) is 0 Å². The summed E-state index contributed by atoms with van der Waals surface area (Å²) in [6, 6.07) is -0.203. The molecule has 0 saturated heterocycles. The summed E-state index contributed by atoms with van der Waals surface area (Å²) in [5.41, 5.74) is 5.93. The Morgan fingerprint density at radius 2 is 2.14 bits per heavy atom. The fraction of sp³-hybridized carbons (Fsp3) is 0.778. The topological polar surface area (TPSA) is 64.9 Å². The summed E-state index contributed by atoms with van der Waals surface area (Å²) in [5, 5.41) is 3.85. The first kappa shape index (κ1) is 11.5. The van der Waals surface area contributed by atoms with Crippen LogP contribution in [0.4, 0.5) is 0 Å². The van der Waals surface area contributed by atoms with Crippen LogP contribution < -0.4 is 5.73 Å². The van der Waals surface area contributed by atoms with E-state index in [0.29, 0.717) is 11.7 Å². The van der Waals surface area contributed by atoms with Crippen molar-refractivity contribution in [2.24, 2.45) is 11.1 Å². The van der Waals surface area contributed by atoms with Gasteiger partial charge in [0.1, 0.15) is 0 Å². The van der Waals surface area contributed by atoms with Gasteiger partial charge in [-0.2, -0.15) is 16.7 Å². The van der Waals surface area contributed by atoms with Crippen LogP contribution in [0.1, 0.15) is 38.5 Å². The van der Waals surface area contributed by atoms with Crippen molar-refractivity contribution in [2.45, 2.75) is 32.6 Å². The van der Waals surface area contributed by atoms with Crippen molar-refractivity contribution in [1.29, 1.82) is 0 Å². The van der Waals surface area contributed by atoms with Crippen molar-refractivity contribution in [3.8, 4) is 0 Å². The van der Waals surface area contributed by atoms with E-state index in [4.69, 9.17) is 10.3 Å². The van der Waals surface area contributed by atoms with E-state index in [-0.39, 0.29) is 11.5 Å². The smallest absolute Gasteiger partial charge is 0.244 e. The lowest BCUT2D eigenvalue weighted by Gasteiger charge is -2.23. The van der Waals surface area contributed by atoms with Crippen molar-refractivity contribution in [3.05, 3.63) is 11.7 Å². The first-order valence-electron chi connectivity index (χ1n) is 4.52. The summed E-state index contributed by atoms with van der Waals surface area (Å²) < 4.78 is 5.11. The van der Waals surface area contributed by atoms with Gasteiger partial charge in [-0.1, -0.05) is 25.9 Å². The van der Waals surface area contributed by atoms with Gasteiger partial charge in [0, 0.05) is 0 Å². The lowest BCUT2D eigenvalue weighted by atomic mass is 9.87. The van der Waals surface area contributed by atoms with Crippen LogP contribution in [0.25, 0.3) is 0 Å². The molecule has 0 fully saturated rings. The number of rotatable bonds is 3. The van der Waals surface area contributed by atoms with Gasteiger partial charge in [-0.3, -0.25) is 0 Å². The van der Waals surface area contributed by atoms with Gasteiger partial charge in [0.15, 0.2) is 5.82 Å². The molecule has 1 heterocycles. The summed E-state index contributed by atoms with van der Waals surface area (Å²) in [5.74, 6) is 2.01. The van der Waals surface area contributed by atoms with Gasteiger partial charge in [0.2, 0.25) is 5.89 Å². The molecule has 80 valence electrons. The minimum atomic E-state index is -0.203. The Kier molecular flexibility index (Phi) is 3.55. The number of aromatic nitrogens is 2. The molecule has 1 aromatic rings. The summed E-state index contributed by atoms with van der Waals surface area (Å²) >= 11 is 1.66. The van der Waals surface area contributed by atoms with Gasteiger partial charge in [0.05, 0.1) is 11.8 Å². The van der Waals surface area contributed by atoms with Gasteiger partial charge in [-0.15, -0.1) is 0 Å². The zero-order valence-corrected chi connectivity index (χ0v) is 9.89. The molecule has 0 aromatic carbocycles. The number of nitrogens with two attached hydrogens (primary N) is 1. The van der Waals surface area contributed by atoms with Gasteiger partial charge >= 0.3 is 0 Å². The van der Waals surface area contributed by atoms with Gasteiger partial charge in [0.25, 0.3) is 0 Å². The van der Waals surface area contributed by atoms with E-state index in [1.54, 1.807) is 11.8 Å². The van der Waals surface area contributed by atoms with Crippen LogP contribution in [-0.2, 0) is 5.75 Å². The first-order chi connectivity index (χ1) is 6.45. The number of hydrogen-bond acceptors (Lipinski definition) is 5. The highest BCUT2D eigenvalue weighted by Crippen LogP contribution is 2.29. The van der Waals surface area contributed by atoms with Crippen LogP contribution in [-0.4, -0.2) is 16.4 Å². The van der Waals surface area contributed by atoms with Crippen LogP contribution in [0.15, 0.2) is 4.52 Å². The Balaban J connectivity index is 2.76. The summed E-state index contributed by atoms with van der Waals surface area (Å²) in [6.07, 6.45) is 2.00. The SMILES string of the molecule is CSCc1noc([C@H](N)C(C)(C)C)n1. The minimum Gasteiger partial charge on any atom is -0.338 e. The van der Waals surface area contributed by atoms with E-state index < -0.39 is 0 Å². The molecule has 0 saturated carbocycles. The Labute approximate surface area is 88.6 Å². The second-order valence-corrected chi connectivity index (χ2v) is 5.19. The van der Waals surface area contributed by atoms with Crippen molar-refractivity contribution >= 4 is 11.8 Å². The molecule has 1 rings (SSSR count). The van der Waals surface area contributed by atoms with E-state index in [1.807, 2.05) is 6.26 Å². The quantitative estimate of drug-likeness (QED) is 0.835. The van der Waals surface area contributed by atoms with E-state index in [0.717, 1.165) is 5.75 Å². The first-order valence-corrected chi connectivity index (χ1v) is 5.91. The second-order valence-electron chi connectivity index (χ2n) is 4.33. The molecule has 1 aromatic heterocycles. The van der Waals surface area contributed by atoms with Crippen LogP contribution in [0.2, 0.25) is 0 Å². The van der Waals surface area contributed by atoms with Crippen molar-refractivity contribution in [1.82, 2.24) is 10.1 Å². The number of nitrogens with zero attached hydrogens (tertiary/aromatic N) is 2. The van der Waals surface area contributed by atoms with E-state index in [9.17, 15) is 0 Å². The van der Waals surface area contributed by atoms with Crippen LogP contribution in [0, 0.1) is 5.41 Å². The average molecular weight is 215 g/mol. The molecule has 0 aliphatic rings. The summed E-state index contributed by atoms with van der Waals surface area (Å²) in [6.45, 7) is 6.16. The molecule has 0 amide bonds. The Hall–Kier alpha value is -0.550. The number of hydrogen-bond donors (Lipinski definition) is 1.